The zero-order chi connectivity index (χ0) is 18.8. The Kier molecular flexibility index (Phi) is 5.95. The average molecular weight is 389 g/mol. The fourth-order valence-corrected chi connectivity index (χ4v) is 4.07. The maximum absolute atomic E-state index is 12.4. The SMILES string of the molecule is CC1CC(C(=O)O)CN(C(=O)Nc2ccc(CS(C)(=O)=O)c(Cl)c2)C1. The smallest absolute Gasteiger partial charge is 0.321 e. The molecule has 1 aliphatic heterocycles. The minimum atomic E-state index is -3.21. The molecule has 7 nitrogen and oxygen atoms in total. The molecule has 1 aliphatic rings. The van der Waals surface area contributed by atoms with Crippen molar-refractivity contribution in [2.75, 3.05) is 24.7 Å². The van der Waals surface area contributed by atoms with Gasteiger partial charge in [0, 0.05) is 30.1 Å². The van der Waals surface area contributed by atoms with Crippen molar-refractivity contribution >= 4 is 39.1 Å². The van der Waals surface area contributed by atoms with E-state index in [1.54, 1.807) is 12.1 Å². The quantitative estimate of drug-likeness (QED) is 0.824. The van der Waals surface area contributed by atoms with Crippen LogP contribution in [0.1, 0.15) is 18.9 Å². The second kappa shape index (κ2) is 7.61. The predicted molar refractivity (Wildman–Crippen MR) is 95.5 cm³/mol. The summed E-state index contributed by atoms with van der Waals surface area (Å²) in [5.74, 6) is -1.56. The summed E-state index contributed by atoms with van der Waals surface area (Å²) in [4.78, 5) is 25.1. The van der Waals surface area contributed by atoms with Gasteiger partial charge in [-0.05, 0) is 30.0 Å². The fourth-order valence-electron chi connectivity index (χ4n) is 2.92. The number of urea groups is 1. The summed E-state index contributed by atoms with van der Waals surface area (Å²) in [7, 11) is -3.21. The van der Waals surface area contributed by atoms with E-state index < -0.39 is 27.8 Å². The molecule has 1 aromatic rings. The van der Waals surface area contributed by atoms with Crippen molar-refractivity contribution in [3.8, 4) is 0 Å². The number of anilines is 1. The van der Waals surface area contributed by atoms with Crippen LogP contribution in [-0.2, 0) is 20.4 Å². The van der Waals surface area contributed by atoms with E-state index in [2.05, 4.69) is 5.32 Å². The number of piperidine rings is 1. The van der Waals surface area contributed by atoms with Crippen LogP contribution in [0.2, 0.25) is 5.02 Å². The minimum absolute atomic E-state index is 0.0984. The monoisotopic (exact) mass is 388 g/mol. The van der Waals surface area contributed by atoms with Crippen LogP contribution in [0.3, 0.4) is 0 Å². The first-order chi connectivity index (χ1) is 11.5. The summed E-state index contributed by atoms with van der Waals surface area (Å²) in [6, 6.07) is 4.22. The van der Waals surface area contributed by atoms with Crippen LogP contribution in [0.5, 0.6) is 0 Å². The number of aliphatic carboxylic acids is 1. The first-order valence-electron chi connectivity index (χ1n) is 7.80. The Morgan fingerprint density at radius 1 is 1.36 bits per heavy atom. The Labute approximate surface area is 151 Å². The molecule has 0 bridgehead atoms. The lowest BCUT2D eigenvalue weighted by Crippen LogP contribution is -2.47. The largest absolute Gasteiger partial charge is 0.481 e. The number of nitrogens with zero attached hydrogens (tertiary/aromatic N) is 1. The van der Waals surface area contributed by atoms with Crippen molar-refractivity contribution in [3.05, 3.63) is 28.8 Å². The molecule has 2 unspecified atom stereocenters. The molecule has 25 heavy (non-hydrogen) atoms. The maximum Gasteiger partial charge on any atom is 0.321 e. The van der Waals surface area contributed by atoms with Crippen LogP contribution in [0, 0.1) is 11.8 Å². The molecule has 0 radical (unpaired) electrons. The third-order valence-electron chi connectivity index (χ3n) is 4.02. The number of amides is 2. The number of carbonyl (C=O) groups is 2. The Morgan fingerprint density at radius 2 is 2.04 bits per heavy atom. The predicted octanol–water partition coefficient (Wildman–Crippen LogP) is 2.46. The van der Waals surface area contributed by atoms with E-state index in [0.717, 1.165) is 6.26 Å². The van der Waals surface area contributed by atoms with E-state index in [4.69, 9.17) is 11.6 Å². The van der Waals surface area contributed by atoms with Gasteiger partial charge in [-0.3, -0.25) is 4.79 Å². The van der Waals surface area contributed by atoms with Crippen molar-refractivity contribution in [2.45, 2.75) is 19.1 Å². The van der Waals surface area contributed by atoms with Gasteiger partial charge in [-0.25, -0.2) is 13.2 Å². The highest BCUT2D eigenvalue weighted by Gasteiger charge is 2.31. The third kappa shape index (κ3) is 5.61. The zero-order valence-corrected chi connectivity index (χ0v) is 15.6. The molecule has 1 saturated heterocycles. The van der Waals surface area contributed by atoms with Gasteiger partial charge in [-0.1, -0.05) is 24.6 Å². The first kappa shape index (κ1) is 19.5. The summed E-state index contributed by atoms with van der Waals surface area (Å²) in [5, 5.41) is 12.1. The highest BCUT2D eigenvalue weighted by atomic mass is 35.5. The van der Waals surface area contributed by atoms with Crippen LogP contribution < -0.4 is 5.32 Å². The summed E-state index contributed by atoms with van der Waals surface area (Å²) in [6.45, 7) is 2.55. The van der Waals surface area contributed by atoms with Crippen molar-refractivity contribution in [1.29, 1.82) is 0 Å². The number of carboxylic acids is 1. The van der Waals surface area contributed by atoms with Gasteiger partial charge in [0.1, 0.15) is 0 Å². The molecule has 0 aliphatic carbocycles. The number of nitrogens with one attached hydrogen (secondary N) is 1. The molecule has 9 heteroatoms. The Balaban J connectivity index is 2.07. The third-order valence-corrected chi connectivity index (χ3v) is 5.21. The zero-order valence-electron chi connectivity index (χ0n) is 14.0. The molecule has 1 heterocycles. The number of benzene rings is 1. The highest BCUT2D eigenvalue weighted by molar-refractivity contribution is 7.89. The molecule has 2 rings (SSSR count). The van der Waals surface area contributed by atoms with Crippen molar-refractivity contribution in [2.24, 2.45) is 11.8 Å². The van der Waals surface area contributed by atoms with Crippen LogP contribution >= 0.6 is 11.6 Å². The molecular weight excluding hydrogens is 368 g/mol. The lowest BCUT2D eigenvalue weighted by atomic mass is 9.91. The lowest BCUT2D eigenvalue weighted by molar-refractivity contribution is -0.143. The highest BCUT2D eigenvalue weighted by Crippen LogP contribution is 2.25. The number of carboxylic acid groups (broad SMARTS) is 1. The van der Waals surface area contributed by atoms with Gasteiger partial charge in [-0.15, -0.1) is 0 Å². The van der Waals surface area contributed by atoms with Gasteiger partial charge >= 0.3 is 12.0 Å². The molecular formula is C16H21ClN2O5S. The van der Waals surface area contributed by atoms with E-state index in [0.29, 0.717) is 24.2 Å². The topological polar surface area (TPSA) is 104 Å². The Morgan fingerprint density at radius 3 is 2.60 bits per heavy atom. The van der Waals surface area contributed by atoms with E-state index in [1.165, 1.54) is 11.0 Å². The molecule has 0 aromatic heterocycles. The number of hydrogen-bond acceptors (Lipinski definition) is 4. The van der Waals surface area contributed by atoms with Gasteiger partial charge in [0.05, 0.1) is 11.7 Å². The second-order valence-corrected chi connectivity index (χ2v) is 9.13. The van der Waals surface area contributed by atoms with E-state index in [1.807, 2.05) is 6.92 Å². The van der Waals surface area contributed by atoms with Crippen LogP contribution in [-0.4, -0.2) is 49.8 Å². The van der Waals surface area contributed by atoms with Crippen LogP contribution in [0.15, 0.2) is 18.2 Å². The van der Waals surface area contributed by atoms with Crippen molar-refractivity contribution in [3.63, 3.8) is 0 Å². The summed E-state index contributed by atoms with van der Waals surface area (Å²) in [6.07, 6.45) is 1.67. The summed E-state index contributed by atoms with van der Waals surface area (Å²) in [5.41, 5.74) is 0.886. The summed E-state index contributed by atoms with van der Waals surface area (Å²) >= 11 is 6.09. The van der Waals surface area contributed by atoms with Crippen molar-refractivity contribution in [1.82, 2.24) is 4.90 Å². The summed E-state index contributed by atoms with van der Waals surface area (Å²) < 4.78 is 22.7. The Hall–Kier alpha value is -1.80. The molecule has 2 amide bonds. The molecule has 1 fully saturated rings. The Bertz CT molecular complexity index is 781. The van der Waals surface area contributed by atoms with E-state index in [9.17, 15) is 23.1 Å². The van der Waals surface area contributed by atoms with Gasteiger partial charge < -0.3 is 15.3 Å². The van der Waals surface area contributed by atoms with Crippen LogP contribution in [0.4, 0.5) is 10.5 Å². The molecule has 0 saturated carbocycles. The molecule has 2 N–H and O–H groups in total. The second-order valence-electron chi connectivity index (χ2n) is 6.59. The number of carbonyl (C=O) groups excluding carboxylic acids is 1. The molecule has 0 spiro atoms. The van der Waals surface area contributed by atoms with Gasteiger partial charge in [0.25, 0.3) is 0 Å². The maximum atomic E-state index is 12.4. The number of halogens is 1. The van der Waals surface area contributed by atoms with E-state index >= 15 is 0 Å². The number of hydrogen-bond donors (Lipinski definition) is 2. The minimum Gasteiger partial charge on any atom is -0.481 e. The molecule has 1 aromatic carbocycles. The fraction of sp³-hybridized carbons (Fsp3) is 0.500. The molecule has 2 atom stereocenters. The first-order valence-corrected chi connectivity index (χ1v) is 10.2. The number of sulfone groups is 1. The number of likely N-dealkylation sites (tertiary alicyclic amines) is 1. The van der Waals surface area contributed by atoms with Gasteiger partial charge in [0.2, 0.25) is 0 Å². The molecule has 138 valence electrons. The lowest BCUT2D eigenvalue weighted by Gasteiger charge is -2.34. The number of rotatable bonds is 4. The van der Waals surface area contributed by atoms with Gasteiger partial charge in [0.15, 0.2) is 9.84 Å². The van der Waals surface area contributed by atoms with Gasteiger partial charge in [-0.2, -0.15) is 0 Å². The van der Waals surface area contributed by atoms with E-state index in [-0.39, 0.29) is 23.2 Å². The van der Waals surface area contributed by atoms with Crippen molar-refractivity contribution < 1.29 is 23.1 Å². The standard InChI is InChI=1S/C16H21ClN2O5S/c1-10-5-12(15(20)21)8-19(7-10)16(22)18-13-4-3-11(14(17)6-13)9-25(2,23)24/h3-4,6,10,12H,5,7-9H2,1-2H3,(H,18,22)(H,20,21). The van der Waals surface area contributed by atoms with Crippen LogP contribution in [0.25, 0.3) is 0 Å². The average Bonchev–Trinajstić information content (AvgIpc) is 2.48. The normalized spacial score (nSPS) is 21.0.